The summed E-state index contributed by atoms with van der Waals surface area (Å²) in [5.41, 5.74) is 0.823. The molecule has 0 radical (unpaired) electrons. The second-order valence-electron chi connectivity index (χ2n) is 6.02. The van der Waals surface area contributed by atoms with Crippen LogP contribution in [-0.2, 0) is 12.3 Å². The van der Waals surface area contributed by atoms with Crippen molar-refractivity contribution in [3.05, 3.63) is 66.6 Å². The number of thioether (sulfide) groups is 1. The van der Waals surface area contributed by atoms with Crippen LogP contribution in [0.4, 0.5) is 8.78 Å². The van der Waals surface area contributed by atoms with Crippen LogP contribution in [-0.4, -0.2) is 31.4 Å². The molecule has 150 valence electrons. The monoisotopic (exact) mass is 417 g/mol. The average molecular weight is 417 g/mol. The number of furan rings is 1. The number of alkyl halides is 2. The van der Waals surface area contributed by atoms with E-state index in [1.165, 1.54) is 24.2 Å². The molecule has 0 atom stereocenters. The Bertz CT molecular complexity index is 1080. The van der Waals surface area contributed by atoms with Crippen LogP contribution in [0.1, 0.15) is 18.1 Å². The zero-order chi connectivity index (χ0) is 20.2. The highest BCUT2D eigenvalue weighted by molar-refractivity contribution is 7.98. The van der Waals surface area contributed by atoms with Gasteiger partial charge in [-0.25, -0.2) is 4.98 Å². The number of nitrogens with zero attached hydrogens (tertiary/aromatic N) is 5. The van der Waals surface area contributed by atoms with Gasteiger partial charge in [0.1, 0.15) is 17.3 Å². The van der Waals surface area contributed by atoms with Crippen LogP contribution in [0.3, 0.4) is 0 Å². The van der Waals surface area contributed by atoms with Gasteiger partial charge in [0.25, 0.3) is 0 Å². The van der Waals surface area contributed by atoms with Crippen molar-refractivity contribution in [2.45, 2.75) is 24.0 Å². The van der Waals surface area contributed by atoms with Gasteiger partial charge in [0.15, 0.2) is 11.0 Å². The minimum absolute atomic E-state index is 0.228. The Morgan fingerprint density at radius 3 is 2.86 bits per heavy atom. The number of benzene rings is 1. The van der Waals surface area contributed by atoms with Gasteiger partial charge in [0, 0.05) is 18.0 Å². The van der Waals surface area contributed by atoms with Crippen molar-refractivity contribution in [3.63, 3.8) is 0 Å². The molecule has 0 N–H and O–H groups in total. The van der Waals surface area contributed by atoms with E-state index in [0.717, 1.165) is 15.9 Å². The number of rotatable bonds is 8. The molecular weight excluding hydrogens is 400 g/mol. The minimum Gasteiger partial charge on any atom is -0.497 e. The Morgan fingerprint density at radius 2 is 2.10 bits per heavy atom. The van der Waals surface area contributed by atoms with Crippen LogP contribution >= 0.6 is 11.8 Å². The SMILES string of the molecule is COc1cccc(-c2nnc(SCc3nccn3C(F)F)n2Cc2ccco2)c1. The van der Waals surface area contributed by atoms with E-state index in [4.69, 9.17) is 9.15 Å². The summed E-state index contributed by atoms with van der Waals surface area (Å²) < 4.78 is 39.6. The molecule has 0 saturated carbocycles. The van der Waals surface area contributed by atoms with Crippen molar-refractivity contribution in [1.82, 2.24) is 24.3 Å². The maximum atomic E-state index is 13.1. The lowest BCUT2D eigenvalue weighted by atomic mass is 10.2. The van der Waals surface area contributed by atoms with Gasteiger partial charge < -0.3 is 9.15 Å². The largest absolute Gasteiger partial charge is 0.497 e. The highest BCUT2D eigenvalue weighted by atomic mass is 32.2. The molecular formula is C19H17F2N5O2S. The lowest BCUT2D eigenvalue weighted by Crippen LogP contribution is -2.05. The van der Waals surface area contributed by atoms with Crippen LogP contribution < -0.4 is 4.74 Å². The number of halogens is 2. The van der Waals surface area contributed by atoms with Gasteiger partial charge in [-0.3, -0.25) is 9.13 Å². The fourth-order valence-corrected chi connectivity index (χ4v) is 3.72. The summed E-state index contributed by atoms with van der Waals surface area (Å²) in [5.74, 6) is 2.54. The van der Waals surface area contributed by atoms with E-state index in [2.05, 4.69) is 15.2 Å². The van der Waals surface area contributed by atoms with Crippen molar-refractivity contribution < 1.29 is 17.9 Å². The first-order valence-corrected chi connectivity index (χ1v) is 9.67. The van der Waals surface area contributed by atoms with Crippen LogP contribution in [0.25, 0.3) is 11.4 Å². The van der Waals surface area contributed by atoms with Gasteiger partial charge in [0.05, 0.1) is 25.7 Å². The fourth-order valence-electron chi connectivity index (χ4n) is 2.83. The Balaban J connectivity index is 1.66. The Labute approximate surface area is 169 Å². The van der Waals surface area contributed by atoms with Crippen LogP contribution in [0.15, 0.2) is 64.6 Å². The maximum Gasteiger partial charge on any atom is 0.319 e. The number of aromatic nitrogens is 5. The molecule has 0 spiro atoms. The van der Waals surface area contributed by atoms with Crippen molar-refractivity contribution in [1.29, 1.82) is 0 Å². The van der Waals surface area contributed by atoms with Crippen molar-refractivity contribution in [2.24, 2.45) is 0 Å². The topological polar surface area (TPSA) is 70.9 Å². The number of imidazole rings is 1. The van der Waals surface area contributed by atoms with Gasteiger partial charge in [-0.15, -0.1) is 10.2 Å². The summed E-state index contributed by atoms with van der Waals surface area (Å²) in [7, 11) is 1.60. The van der Waals surface area contributed by atoms with Crippen LogP contribution in [0, 0.1) is 0 Å². The molecule has 10 heteroatoms. The Morgan fingerprint density at radius 1 is 1.21 bits per heavy atom. The second-order valence-corrected chi connectivity index (χ2v) is 6.96. The summed E-state index contributed by atoms with van der Waals surface area (Å²) in [6, 6.07) is 11.1. The van der Waals surface area contributed by atoms with Gasteiger partial charge in [-0.1, -0.05) is 23.9 Å². The smallest absolute Gasteiger partial charge is 0.319 e. The molecule has 4 aromatic rings. The molecule has 1 aromatic carbocycles. The normalized spacial score (nSPS) is 11.3. The van der Waals surface area contributed by atoms with Gasteiger partial charge in [-0.2, -0.15) is 8.78 Å². The first-order chi connectivity index (χ1) is 14.2. The molecule has 3 aromatic heterocycles. The first kappa shape index (κ1) is 19.2. The highest BCUT2D eigenvalue weighted by Crippen LogP contribution is 2.29. The standard InChI is InChI=1S/C19H17F2N5O2S/c1-27-14-5-2-4-13(10-14)17-23-24-19(26(17)11-15-6-3-9-28-15)29-12-16-22-7-8-25(16)18(20)21/h2-10,18H,11-12H2,1H3. The summed E-state index contributed by atoms with van der Waals surface area (Å²) in [4.78, 5) is 4.02. The third-order valence-electron chi connectivity index (χ3n) is 4.23. The lowest BCUT2D eigenvalue weighted by Gasteiger charge is -2.10. The molecule has 0 bridgehead atoms. The molecule has 0 aliphatic heterocycles. The molecule has 0 fully saturated rings. The molecule has 29 heavy (non-hydrogen) atoms. The first-order valence-electron chi connectivity index (χ1n) is 8.68. The quantitative estimate of drug-likeness (QED) is 0.394. The van der Waals surface area contributed by atoms with E-state index in [1.807, 2.05) is 34.9 Å². The lowest BCUT2D eigenvalue weighted by molar-refractivity contribution is 0.0678. The number of ether oxygens (including phenoxy) is 1. The van der Waals surface area contributed by atoms with Gasteiger partial charge in [-0.05, 0) is 24.3 Å². The van der Waals surface area contributed by atoms with E-state index in [-0.39, 0.29) is 11.6 Å². The summed E-state index contributed by atoms with van der Waals surface area (Å²) in [5, 5.41) is 9.16. The molecule has 0 aliphatic carbocycles. The molecule has 0 aliphatic rings. The fraction of sp³-hybridized carbons (Fsp3) is 0.211. The third-order valence-corrected chi connectivity index (χ3v) is 5.19. The summed E-state index contributed by atoms with van der Waals surface area (Å²) in [6.07, 6.45) is 4.21. The van der Waals surface area contributed by atoms with E-state index in [1.54, 1.807) is 19.4 Å². The molecule has 0 unspecified atom stereocenters. The summed E-state index contributed by atoms with van der Waals surface area (Å²) >= 11 is 1.28. The zero-order valence-electron chi connectivity index (χ0n) is 15.4. The minimum atomic E-state index is -2.64. The second kappa shape index (κ2) is 8.48. The number of hydrogen-bond donors (Lipinski definition) is 0. The average Bonchev–Trinajstić information content (AvgIpc) is 3.48. The van der Waals surface area contributed by atoms with Crippen LogP contribution in [0.5, 0.6) is 5.75 Å². The van der Waals surface area contributed by atoms with E-state index in [9.17, 15) is 8.78 Å². The molecule has 4 rings (SSSR count). The number of hydrogen-bond acceptors (Lipinski definition) is 6. The number of methoxy groups -OCH3 is 1. The molecule has 0 amide bonds. The molecule has 7 nitrogen and oxygen atoms in total. The van der Waals surface area contributed by atoms with E-state index in [0.29, 0.717) is 23.3 Å². The van der Waals surface area contributed by atoms with Crippen molar-refractivity contribution >= 4 is 11.8 Å². The molecule has 0 saturated heterocycles. The Kier molecular flexibility index (Phi) is 5.61. The molecule has 3 heterocycles. The maximum absolute atomic E-state index is 13.1. The van der Waals surface area contributed by atoms with E-state index < -0.39 is 6.55 Å². The van der Waals surface area contributed by atoms with Crippen LogP contribution in [0.2, 0.25) is 0 Å². The highest BCUT2D eigenvalue weighted by Gasteiger charge is 2.18. The predicted molar refractivity (Wildman–Crippen MR) is 103 cm³/mol. The third kappa shape index (κ3) is 4.16. The Hall–Kier alpha value is -3.14. The van der Waals surface area contributed by atoms with Gasteiger partial charge in [0.2, 0.25) is 0 Å². The summed E-state index contributed by atoms with van der Waals surface area (Å²) in [6.45, 7) is -2.24. The zero-order valence-corrected chi connectivity index (χ0v) is 16.2. The van der Waals surface area contributed by atoms with E-state index >= 15 is 0 Å². The van der Waals surface area contributed by atoms with Crippen molar-refractivity contribution in [2.75, 3.05) is 7.11 Å². The van der Waals surface area contributed by atoms with Gasteiger partial charge >= 0.3 is 6.55 Å². The van der Waals surface area contributed by atoms with Crippen molar-refractivity contribution in [3.8, 4) is 17.1 Å². The predicted octanol–water partition coefficient (Wildman–Crippen LogP) is 4.48.